The van der Waals surface area contributed by atoms with Crippen LogP contribution in [0.5, 0.6) is 0 Å². The second-order valence-electron chi connectivity index (χ2n) is 21.5. The highest BCUT2D eigenvalue weighted by molar-refractivity contribution is 5.80. The summed E-state index contributed by atoms with van der Waals surface area (Å²) < 4.78 is 22.6. The standard InChI is InChI=1S/C55H107NO15/c1-4-5-6-7-8-9-10-11-12-13-14-15-16-17-18-19-24-27-30-33-36-43(60)53(67)56-41(46(62)42(59)35-32-29-26-23-21-20-22-25-28-31-34-40(2)3)39-68-54-50(66)52(47(63)45(38-58)69-54)71-55-49(65)48(64)51(70-55)44(61)37-57/h40-52,54-55,57-66H,4-39H2,1-3H3,(H,56,67)/t41-,42+,43+,44+,45+,46-,47-,48+,49+,50+,51-,52-,54-,55-/m0/s1. The zero-order valence-corrected chi connectivity index (χ0v) is 44.6. The second-order valence-corrected chi connectivity index (χ2v) is 21.5. The van der Waals surface area contributed by atoms with Gasteiger partial charge < -0.3 is 75.3 Å². The van der Waals surface area contributed by atoms with Crippen LogP contribution < -0.4 is 5.32 Å². The molecule has 16 nitrogen and oxygen atoms in total. The minimum atomic E-state index is -1.82. The molecule has 1 amide bonds. The van der Waals surface area contributed by atoms with Gasteiger partial charge in [-0.25, -0.2) is 0 Å². The van der Waals surface area contributed by atoms with Crippen LogP contribution in [-0.2, 0) is 23.7 Å². The summed E-state index contributed by atoms with van der Waals surface area (Å²) in [5.74, 6) is -0.00883. The van der Waals surface area contributed by atoms with Gasteiger partial charge in [0, 0.05) is 0 Å². The molecule has 14 atom stereocenters. The minimum Gasteiger partial charge on any atom is -0.394 e. The number of aliphatic hydroxyl groups is 10. The van der Waals surface area contributed by atoms with E-state index in [2.05, 4.69) is 26.1 Å². The van der Waals surface area contributed by atoms with E-state index < -0.39 is 111 Å². The van der Waals surface area contributed by atoms with Gasteiger partial charge in [-0.15, -0.1) is 0 Å². The van der Waals surface area contributed by atoms with Gasteiger partial charge in [0.25, 0.3) is 0 Å². The predicted molar refractivity (Wildman–Crippen MR) is 275 cm³/mol. The van der Waals surface area contributed by atoms with Crippen LogP contribution in [-0.4, -0.2) is 163 Å². The number of nitrogens with one attached hydrogen (secondary N) is 1. The highest BCUT2D eigenvalue weighted by Gasteiger charge is 2.52. The molecule has 0 bridgehead atoms. The fourth-order valence-corrected chi connectivity index (χ4v) is 9.90. The highest BCUT2D eigenvalue weighted by Crippen LogP contribution is 2.31. The number of hydrogen-bond acceptors (Lipinski definition) is 15. The van der Waals surface area contributed by atoms with Gasteiger partial charge in [0.2, 0.25) is 5.91 Å². The first-order valence-corrected chi connectivity index (χ1v) is 28.8. The van der Waals surface area contributed by atoms with E-state index in [0.29, 0.717) is 12.8 Å². The first-order valence-electron chi connectivity index (χ1n) is 28.8. The van der Waals surface area contributed by atoms with E-state index >= 15 is 0 Å². The molecular formula is C55H107NO15. The number of hydrogen-bond donors (Lipinski definition) is 11. The molecule has 2 aliphatic rings. The smallest absolute Gasteiger partial charge is 0.249 e. The fourth-order valence-electron chi connectivity index (χ4n) is 9.90. The third kappa shape index (κ3) is 28.0. The Hall–Kier alpha value is -1.09. The van der Waals surface area contributed by atoms with Crippen molar-refractivity contribution in [2.75, 3.05) is 19.8 Å². The maximum Gasteiger partial charge on any atom is 0.249 e. The van der Waals surface area contributed by atoms with Crippen molar-refractivity contribution in [3.05, 3.63) is 0 Å². The lowest BCUT2D eigenvalue weighted by Gasteiger charge is -2.43. The summed E-state index contributed by atoms with van der Waals surface area (Å²) in [6, 6.07) is -1.28. The zero-order chi connectivity index (χ0) is 52.2. The predicted octanol–water partition coefficient (Wildman–Crippen LogP) is 6.74. The van der Waals surface area contributed by atoms with Gasteiger partial charge in [0.15, 0.2) is 12.6 Å². The molecule has 0 aromatic heterocycles. The average molecular weight is 1020 g/mol. The van der Waals surface area contributed by atoms with E-state index in [9.17, 15) is 55.9 Å². The third-order valence-electron chi connectivity index (χ3n) is 14.7. The lowest BCUT2D eigenvalue weighted by Crippen LogP contribution is -2.62. The van der Waals surface area contributed by atoms with Crippen molar-refractivity contribution in [3.63, 3.8) is 0 Å². The molecule has 0 aromatic carbocycles. The summed E-state index contributed by atoms with van der Waals surface area (Å²) in [6.45, 7) is 4.69. The first-order chi connectivity index (χ1) is 34.3. The lowest BCUT2D eigenvalue weighted by atomic mass is 9.98. The van der Waals surface area contributed by atoms with Crippen LogP contribution in [0.4, 0.5) is 0 Å². The van der Waals surface area contributed by atoms with Gasteiger partial charge >= 0.3 is 0 Å². The van der Waals surface area contributed by atoms with Crippen LogP contribution in [0, 0.1) is 5.92 Å². The van der Waals surface area contributed by atoms with Gasteiger partial charge in [0.1, 0.15) is 61.0 Å². The van der Waals surface area contributed by atoms with Gasteiger partial charge in [-0.3, -0.25) is 4.79 Å². The third-order valence-corrected chi connectivity index (χ3v) is 14.7. The topological polar surface area (TPSA) is 268 Å². The Bertz CT molecular complexity index is 1250. The largest absolute Gasteiger partial charge is 0.394 e. The number of carbonyl (C=O) groups is 1. The highest BCUT2D eigenvalue weighted by atomic mass is 16.7. The van der Waals surface area contributed by atoms with Crippen molar-refractivity contribution in [3.8, 4) is 0 Å². The Morgan fingerprint density at radius 3 is 1.41 bits per heavy atom. The van der Waals surface area contributed by atoms with Crippen molar-refractivity contribution in [1.82, 2.24) is 5.32 Å². The summed E-state index contributed by atoms with van der Waals surface area (Å²) in [4.78, 5) is 13.4. The Kier molecular flexibility index (Phi) is 38.2. The molecule has 2 saturated heterocycles. The number of rotatable bonds is 46. The minimum absolute atomic E-state index is 0.203. The van der Waals surface area contributed by atoms with E-state index in [1.165, 1.54) is 141 Å². The molecule has 2 aliphatic heterocycles. The summed E-state index contributed by atoms with van der Waals surface area (Å²) in [7, 11) is 0. The Balaban J connectivity index is 1.85. The fraction of sp³-hybridized carbons (Fsp3) is 0.982. The van der Waals surface area contributed by atoms with E-state index in [0.717, 1.165) is 50.9 Å². The van der Waals surface area contributed by atoms with Crippen molar-refractivity contribution in [1.29, 1.82) is 0 Å². The van der Waals surface area contributed by atoms with Gasteiger partial charge in [0.05, 0.1) is 32.0 Å². The molecule has 0 unspecified atom stereocenters. The maximum absolute atomic E-state index is 13.4. The number of carbonyl (C=O) groups excluding carboxylic acids is 1. The quantitative estimate of drug-likeness (QED) is 0.0282. The molecule has 0 aliphatic carbocycles. The lowest BCUT2D eigenvalue weighted by molar-refractivity contribution is -0.332. The molecule has 16 heteroatoms. The molecule has 2 rings (SSSR count). The summed E-state index contributed by atoms with van der Waals surface area (Å²) in [6.07, 6.45) is 17.1. The van der Waals surface area contributed by atoms with Crippen LogP contribution >= 0.6 is 0 Å². The average Bonchev–Trinajstić information content (AvgIpc) is 3.64. The van der Waals surface area contributed by atoms with Gasteiger partial charge in [-0.05, 0) is 18.8 Å². The van der Waals surface area contributed by atoms with Crippen LogP contribution in [0.1, 0.15) is 233 Å². The van der Waals surface area contributed by atoms with Crippen LogP contribution in [0.3, 0.4) is 0 Å². The SMILES string of the molecule is CCCCCCCCCCCCCCCCCCCCCC[C@@H](O)C(=O)N[C@@H](CO[C@H]1O[C@H](CO)[C@H](O)[C@H](O[C@@H]2O[C@@H]([C@H](O)CO)[C@H](O)[C@H]2O)[C@H]1O)[C@H](O)[C@H](O)CCCCCCCCCCCCC(C)C. The van der Waals surface area contributed by atoms with Crippen LogP contribution in [0.15, 0.2) is 0 Å². The molecule has 71 heavy (non-hydrogen) atoms. The van der Waals surface area contributed by atoms with Crippen molar-refractivity contribution in [2.24, 2.45) is 5.92 Å². The normalized spacial score (nSPS) is 25.9. The van der Waals surface area contributed by atoms with Gasteiger partial charge in [-0.2, -0.15) is 0 Å². The Morgan fingerprint density at radius 1 is 0.535 bits per heavy atom. The molecule has 2 heterocycles. The molecule has 0 spiro atoms. The zero-order valence-electron chi connectivity index (χ0n) is 44.6. The molecule has 2 fully saturated rings. The van der Waals surface area contributed by atoms with Crippen LogP contribution in [0.25, 0.3) is 0 Å². The summed E-state index contributed by atoms with van der Waals surface area (Å²) >= 11 is 0. The molecule has 0 radical (unpaired) electrons. The summed E-state index contributed by atoms with van der Waals surface area (Å²) in [5.41, 5.74) is 0. The van der Waals surface area contributed by atoms with E-state index in [1.54, 1.807) is 0 Å². The van der Waals surface area contributed by atoms with E-state index in [1.807, 2.05) is 0 Å². The van der Waals surface area contributed by atoms with Crippen molar-refractivity contribution in [2.45, 2.75) is 318 Å². The summed E-state index contributed by atoms with van der Waals surface area (Å²) in [5, 5.41) is 109. The molecular weight excluding hydrogens is 915 g/mol. The molecule has 422 valence electrons. The Morgan fingerprint density at radius 2 is 0.972 bits per heavy atom. The first kappa shape index (κ1) is 66.0. The van der Waals surface area contributed by atoms with Crippen molar-refractivity contribution >= 4 is 5.91 Å². The van der Waals surface area contributed by atoms with Crippen LogP contribution in [0.2, 0.25) is 0 Å². The van der Waals surface area contributed by atoms with Gasteiger partial charge in [-0.1, -0.05) is 220 Å². The Labute approximate surface area is 429 Å². The molecule has 0 aromatic rings. The number of aliphatic hydroxyl groups excluding tert-OH is 10. The van der Waals surface area contributed by atoms with Crippen molar-refractivity contribution < 1.29 is 74.8 Å². The molecule has 0 saturated carbocycles. The number of unbranched alkanes of at least 4 members (excludes halogenated alkanes) is 28. The number of ether oxygens (including phenoxy) is 4. The second kappa shape index (κ2) is 41.1. The van der Waals surface area contributed by atoms with E-state index in [4.69, 9.17) is 18.9 Å². The monoisotopic (exact) mass is 1020 g/mol. The van der Waals surface area contributed by atoms with E-state index in [-0.39, 0.29) is 12.8 Å². The molecule has 11 N–H and O–H groups in total. The maximum atomic E-state index is 13.4. The number of amides is 1.